The third-order valence-electron chi connectivity index (χ3n) is 4.26. The summed E-state index contributed by atoms with van der Waals surface area (Å²) >= 11 is 0. The van der Waals surface area contributed by atoms with Gasteiger partial charge >= 0.3 is 0 Å². The van der Waals surface area contributed by atoms with E-state index in [0.29, 0.717) is 17.3 Å². The van der Waals surface area contributed by atoms with Crippen LogP contribution in [0, 0.1) is 12.8 Å². The SMILES string of the molecule is Cc1cc(NC(=O)CNC(=O)c2ccccc2)n(C(C)C2CC2)n1. The van der Waals surface area contributed by atoms with Crippen LogP contribution in [0.2, 0.25) is 0 Å². The Hall–Kier alpha value is -2.63. The molecule has 0 bridgehead atoms. The van der Waals surface area contributed by atoms with Crippen LogP contribution in [0.15, 0.2) is 36.4 Å². The highest BCUT2D eigenvalue weighted by Crippen LogP contribution is 2.40. The van der Waals surface area contributed by atoms with Crippen molar-refractivity contribution in [3.05, 3.63) is 47.7 Å². The molecule has 1 unspecified atom stereocenters. The third kappa shape index (κ3) is 3.82. The molecule has 1 aromatic carbocycles. The third-order valence-corrected chi connectivity index (χ3v) is 4.26. The zero-order valence-electron chi connectivity index (χ0n) is 14.0. The molecule has 6 nitrogen and oxygen atoms in total. The second-order valence-corrected chi connectivity index (χ2v) is 6.29. The smallest absolute Gasteiger partial charge is 0.251 e. The Labute approximate surface area is 141 Å². The lowest BCUT2D eigenvalue weighted by Crippen LogP contribution is -2.33. The van der Waals surface area contributed by atoms with E-state index >= 15 is 0 Å². The fourth-order valence-electron chi connectivity index (χ4n) is 2.74. The normalized spacial score (nSPS) is 14.9. The number of carbonyl (C=O) groups is 2. The number of rotatable bonds is 6. The second kappa shape index (κ2) is 6.86. The monoisotopic (exact) mass is 326 g/mol. The van der Waals surface area contributed by atoms with Crippen LogP contribution in [0.25, 0.3) is 0 Å². The number of anilines is 1. The maximum atomic E-state index is 12.2. The minimum Gasteiger partial charge on any atom is -0.343 e. The van der Waals surface area contributed by atoms with E-state index in [9.17, 15) is 9.59 Å². The minimum atomic E-state index is -0.262. The highest BCUT2D eigenvalue weighted by atomic mass is 16.2. The molecule has 126 valence electrons. The molecular weight excluding hydrogens is 304 g/mol. The molecule has 2 aromatic rings. The van der Waals surface area contributed by atoms with Gasteiger partial charge in [0, 0.05) is 11.6 Å². The molecule has 3 rings (SSSR count). The summed E-state index contributed by atoms with van der Waals surface area (Å²) in [4.78, 5) is 24.1. The first-order chi connectivity index (χ1) is 11.5. The number of nitrogens with zero attached hydrogens (tertiary/aromatic N) is 2. The average molecular weight is 326 g/mol. The van der Waals surface area contributed by atoms with Crippen molar-refractivity contribution in [1.82, 2.24) is 15.1 Å². The van der Waals surface area contributed by atoms with Gasteiger partial charge in [0.25, 0.3) is 5.91 Å². The van der Waals surface area contributed by atoms with Gasteiger partial charge in [-0.2, -0.15) is 5.10 Å². The number of aromatic nitrogens is 2. The largest absolute Gasteiger partial charge is 0.343 e. The number of hydrogen-bond donors (Lipinski definition) is 2. The van der Waals surface area contributed by atoms with Crippen LogP contribution in [0.3, 0.4) is 0 Å². The molecule has 6 heteroatoms. The predicted molar refractivity (Wildman–Crippen MR) is 91.8 cm³/mol. The predicted octanol–water partition coefficient (Wildman–Crippen LogP) is 2.53. The number of amides is 2. The Bertz CT molecular complexity index is 735. The number of nitrogens with one attached hydrogen (secondary N) is 2. The van der Waals surface area contributed by atoms with E-state index in [1.165, 1.54) is 12.8 Å². The molecule has 0 spiro atoms. The maximum absolute atomic E-state index is 12.2. The standard InChI is InChI=1S/C18H22N4O2/c1-12-10-16(22(21-12)13(2)14-8-9-14)20-17(23)11-19-18(24)15-6-4-3-5-7-15/h3-7,10,13-14H,8-9,11H2,1-2H3,(H,19,24)(H,20,23). The van der Waals surface area contributed by atoms with E-state index in [-0.39, 0.29) is 24.4 Å². The summed E-state index contributed by atoms with van der Waals surface area (Å²) in [5.41, 5.74) is 1.40. The fraction of sp³-hybridized carbons (Fsp3) is 0.389. The first kappa shape index (κ1) is 16.2. The molecule has 2 amide bonds. The summed E-state index contributed by atoms with van der Waals surface area (Å²) in [6, 6.07) is 11.0. The molecule has 2 N–H and O–H groups in total. The molecular formula is C18H22N4O2. The van der Waals surface area contributed by atoms with Crippen molar-refractivity contribution in [2.75, 3.05) is 11.9 Å². The van der Waals surface area contributed by atoms with Crippen LogP contribution < -0.4 is 10.6 Å². The van der Waals surface area contributed by atoms with Gasteiger partial charge in [-0.15, -0.1) is 0 Å². The van der Waals surface area contributed by atoms with Crippen LogP contribution in [-0.2, 0) is 4.79 Å². The molecule has 1 aromatic heterocycles. The van der Waals surface area contributed by atoms with Gasteiger partial charge in [0.1, 0.15) is 5.82 Å². The van der Waals surface area contributed by atoms with Gasteiger partial charge in [0.15, 0.2) is 0 Å². The topological polar surface area (TPSA) is 76.0 Å². The zero-order valence-corrected chi connectivity index (χ0v) is 14.0. The molecule has 0 aliphatic heterocycles. The highest BCUT2D eigenvalue weighted by Gasteiger charge is 2.31. The molecule has 1 aliphatic rings. The maximum Gasteiger partial charge on any atom is 0.251 e. The lowest BCUT2D eigenvalue weighted by Gasteiger charge is -2.15. The van der Waals surface area contributed by atoms with Crippen LogP contribution in [0.4, 0.5) is 5.82 Å². The zero-order chi connectivity index (χ0) is 17.1. The Kier molecular flexibility index (Phi) is 4.64. The van der Waals surface area contributed by atoms with E-state index in [1.807, 2.05) is 23.7 Å². The van der Waals surface area contributed by atoms with Crippen molar-refractivity contribution < 1.29 is 9.59 Å². The lowest BCUT2D eigenvalue weighted by molar-refractivity contribution is -0.115. The summed E-state index contributed by atoms with van der Waals surface area (Å²) in [5, 5.41) is 9.96. The van der Waals surface area contributed by atoms with Crippen LogP contribution in [0.1, 0.15) is 41.9 Å². The van der Waals surface area contributed by atoms with Crippen LogP contribution >= 0.6 is 0 Å². The Morgan fingerprint density at radius 1 is 1.29 bits per heavy atom. The minimum absolute atomic E-state index is 0.0736. The number of aryl methyl sites for hydroxylation is 1. The summed E-state index contributed by atoms with van der Waals surface area (Å²) in [7, 11) is 0. The van der Waals surface area contributed by atoms with Crippen molar-refractivity contribution in [2.45, 2.75) is 32.7 Å². The van der Waals surface area contributed by atoms with Gasteiger partial charge in [-0.3, -0.25) is 9.59 Å². The van der Waals surface area contributed by atoms with Crippen molar-refractivity contribution in [2.24, 2.45) is 5.92 Å². The quantitative estimate of drug-likeness (QED) is 0.856. The molecule has 1 atom stereocenters. The molecule has 0 radical (unpaired) electrons. The van der Waals surface area contributed by atoms with Crippen LogP contribution in [0.5, 0.6) is 0 Å². The van der Waals surface area contributed by atoms with Gasteiger partial charge in [0.05, 0.1) is 18.3 Å². The van der Waals surface area contributed by atoms with E-state index in [4.69, 9.17) is 0 Å². The number of hydrogen-bond acceptors (Lipinski definition) is 3. The fourth-order valence-corrected chi connectivity index (χ4v) is 2.74. The number of carbonyl (C=O) groups excluding carboxylic acids is 2. The lowest BCUT2D eigenvalue weighted by atomic mass is 10.2. The summed E-state index contributed by atoms with van der Waals surface area (Å²) in [6.07, 6.45) is 2.42. The van der Waals surface area contributed by atoms with Gasteiger partial charge in [-0.05, 0) is 44.7 Å². The molecule has 24 heavy (non-hydrogen) atoms. The summed E-state index contributed by atoms with van der Waals surface area (Å²) in [5.74, 6) is 0.800. The first-order valence-corrected chi connectivity index (χ1v) is 8.24. The van der Waals surface area contributed by atoms with Crippen LogP contribution in [-0.4, -0.2) is 28.1 Å². The van der Waals surface area contributed by atoms with Crippen molar-refractivity contribution in [3.8, 4) is 0 Å². The van der Waals surface area contributed by atoms with Crippen molar-refractivity contribution in [3.63, 3.8) is 0 Å². The number of benzene rings is 1. The molecule has 1 fully saturated rings. The second-order valence-electron chi connectivity index (χ2n) is 6.29. The Morgan fingerprint density at radius 3 is 2.67 bits per heavy atom. The molecule has 0 saturated heterocycles. The molecule has 1 saturated carbocycles. The molecule has 1 heterocycles. The first-order valence-electron chi connectivity index (χ1n) is 8.24. The van der Waals surface area contributed by atoms with Crippen molar-refractivity contribution in [1.29, 1.82) is 0 Å². The van der Waals surface area contributed by atoms with Crippen molar-refractivity contribution >= 4 is 17.6 Å². The average Bonchev–Trinajstić information content (AvgIpc) is 3.37. The van der Waals surface area contributed by atoms with Gasteiger partial charge in [0.2, 0.25) is 5.91 Å². The van der Waals surface area contributed by atoms with E-state index < -0.39 is 0 Å². The Morgan fingerprint density at radius 2 is 2.00 bits per heavy atom. The summed E-state index contributed by atoms with van der Waals surface area (Å²) in [6.45, 7) is 3.95. The van der Waals surface area contributed by atoms with Gasteiger partial charge < -0.3 is 10.6 Å². The van der Waals surface area contributed by atoms with E-state index in [1.54, 1.807) is 24.3 Å². The van der Waals surface area contributed by atoms with E-state index in [0.717, 1.165) is 5.69 Å². The van der Waals surface area contributed by atoms with Gasteiger partial charge in [-0.25, -0.2) is 4.68 Å². The molecule has 1 aliphatic carbocycles. The van der Waals surface area contributed by atoms with E-state index in [2.05, 4.69) is 22.7 Å². The summed E-state index contributed by atoms with van der Waals surface area (Å²) < 4.78 is 1.88. The van der Waals surface area contributed by atoms with Gasteiger partial charge in [-0.1, -0.05) is 18.2 Å². The Balaban J connectivity index is 1.58. The highest BCUT2D eigenvalue weighted by molar-refractivity contribution is 5.99.